The number of carbonyl (C=O) groups excluding carboxylic acids is 1. The highest BCUT2D eigenvalue weighted by molar-refractivity contribution is 5.77. The molecule has 1 aromatic heterocycles. The van der Waals surface area contributed by atoms with Crippen molar-refractivity contribution in [3.05, 3.63) is 30.1 Å². The van der Waals surface area contributed by atoms with Gasteiger partial charge in [0.15, 0.2) is 0 Å². The molecule has 1 heterocycles. The molecular formula is C13H21N3O2. The third-order valence-corrected chi connectivity index (χ3v) is 2.47. The van der Waals surface area contributed by atoms with Gasteiger partial charge in [0.25, 0.3) is 0 Å². The summed E-state index contributed by atoms with van der Waals surface area (Å²) in [6.07, 6.45) is 5.30. The van der Waals surface area contributed by atoms with Gasteiger partial charge in [0.1, 0.15) is 0 Å². The summed E-state index contributed by atoms with van der Waals surface area (Å²) in [5, 5.41) is 5.94. The molecule has 0 aliphatic rings. The SMILES string of the molecule is COCCCNC(=O)CNCCc1ccncc1. The fraction of sp³-hybridized carbons (Fsp3) is 0.538. The summed E-state index contributed by atoms with van der Waals surface area (Å²) in [4.78, 5) is 15.3. The van der Waals surface area contributed by atoms with Gasteiger partial charge in [-0.1, -0.05) is 0 Å². The van der Waals surface area contributed by atoms with Crippen LogP contribution in [0, 0.1) is 0 Å². The first-order chi connectivity index (χ1) is 8.83. The Morgan fingerprint density at radius 2 is 2.11 bits per heavy atom. The summed E-state index contributed by atoms with van der Waals surface area (Å²) in [5.74, 6) is 0.0285. The molecule has 5 nitrogen and oxygen atoms in total. The van der Waals surface area contributed by atoms with Gasteiger partial charge in [-0.25, -0.2) is 0 Å². The van der Waals surface area contributed by atoms with Crippen molar-refractivity contribution in [3.63, 3.8) is 0 Å². The number of nitrogens with zero attached hydrogens (tertiary/aromatic N) is 1. The second-order valence-corrected chi connectivity index (χ2v) is 3.98. The number of pyridine rings is 1. The lowest BCUT2D eigenvalue weighted by atomic mass is 10.2. The van der Waals surface area contributed by atoms with Crippen LogP contribution in [-0.4, -0.2) is 44.2 Å². The van der Waals surface area contributed by atoms with E-state index in [1.54, 1.807) is 19.5 Å². The minimum atomic E-state index is 0.0285. The molecular weight excluding hydrogens is 230 g/mol. The summed E-state index contributed by atoms with van der Waals surface area (Å²) in [5.41, 5.74) is 1.22. The largest absolute Gasteiger partial charge is 0.385 e. The molecule has 0 aliphatic heterocycles. The fourth-order valence-electron chi connectivity index (χ4n) is 1.49. The van der Waals surface area contributed by atoms with E-state index in [9.17, 15) is 4.79 Å². The fourth-order valence-corrected chi connectivity index (χ4v) is 1.49. The highest BCUT2D eigenvalue weighted by Crippen LogP contribution is 1.95. The summed E-state index contributed by atoms with van der Waals surface area (Å²) in [6.45, 7) is 2.49. The second kappa shape index (κ2) is 9.56. The van der Waals surface area contributed by atoms with Crippen LogP contribution in [0.1, 0.15) is 12.0 Å². The topological polar surface area (TPSA) is 63.2 Å². The zero-order chi connectivity index (χ0) is 13.1. The Labute approximate surface area is 108 Å². The molecule has 2 N–H and O–H groups in total. The molecule has 5 heteroatoms. The Kier molecular flexibility index (Phi) is 7.75. The number of carbonyl (C=O) groups is 1. The average Bonchev–Trinajstić information content (AvgIpc) is 2.41. The van der Waals surface area contributed by atoms with E-state index in [2.05, 4.69) is 15.6 Å². The predicted molar refractivity (Wildman–Crippen MR) is 70.3 cm³/mol. The number of amides is 1. The number of rotatable bonds is 9. The van der Waals surface area contributed by atoms with Gasteiger partial charge in [0.05, 0.1) is 6.54 Å². The summed E-state index contributed by atoms with van der Waals surface area (Å²) in [7, 11) is 1.66. The maximum absolute atomic E-state index is 11.4. The van der Waals surface area contributed by atoms with Gasteiger partial charge in [-0.3, -0.25) is 9.78 Å². The zero-order valence-corrected chi connectivity index (χ0v) is 10.8. The average molecular weight is 251 g/mol. The van der Waals surface area contributed by atoms with E-state index < -0.39 is 0 Å². The smallest absolute Gasteiger partial charge is 0.233 e. The van der Waals surface area contributed by atoms with Crippen molar-refractivity contribution >= 4 is 5.91 Å². The van der Waals surface area contributed by atoms with Crippen molar-refractivity contribution in [2.45, 2.75) is 12.8 Å². The summed E-state index contributed by atoms with van der Waals surface area (Å²) < 4.78 is 4.90. The first-order valence-corrected chi connectivity index (χ1v) is 6.18. The van der Waals surface area contributed by atoms with Gasteiger partial charge in [0.2, 0.25) is 5.91 Å². The van der Waals surface area contributed by atoms with E-state index in [0.29, 0.717) is 19.7 Å². The van der Waals surface area contributed by atoms with Crippen LogP contribution in [0.15, 0.2) is 24.5 Å². The van der Waals surface area contributed by atoms with Crippen LogP contribution in [0.4, 0.5) is 0 Å². The molecule has 0 bridgehead atoms. The van der Waals surface area contributed by atoms with Crippen LogP contribution in [0.2, 0.25) is 0 Å². The van der Waals surface area contributed by atoms with Crippen molar-refractivity contribution in [3.8, 4) is 0 Å². The van der Waals surface area contributed by atoms with Crippen molar-refractivity contribution in [2.75, 3.05) is 33.4 Å². The first-order valence-electron chi connectivity index (χ1n) is 6.18. The Bertz CT molecular complexity index is 330. The Balaban J connectivity index is 1.99. The molecule has 0 saturated carbocycles. The standard InChI is InChI=1S/C13H21N3O2/c1-18-10-2-6-16-13(17)11-15-9-5-12-3-7-14-8-4-12/h3-4,7-8,15H,2,5-6,9-11H2,1H3,(H,16,17). The number of aromatic nitrogens is 1. The van der Waals surface area contributed by atoms with Crippen LogP contribution in [-0.2, 0) is 16.0 Å². The van der Waals surface area contributed by atoms with Crippen LogP contribution >= 0.6 is 0 Å². The molecule has 0 unspecified atom stereocenters. The molecule has 1 aromatic rings. The minimum Gasteiger partial charge on any atom is -0.385 e. The maximum Gasteiger partial charge on any atom is 0.233 e. The Morgan fingerprint density at radius 1 is 1.33 bits per heavy atom. The molecule has 1 amide bonds. The number of nitrogens with one attached hydrogen (secondary N) is 2. The van der Waals surface area contributed by atoms with Gasteiger partial charge in [0, 0.05) is 32.7 Å². The first kappa shape index (κ1) is 14.6. The van der Waals surface area contributed by atoms with Crippen LogP contribution in [0.25, 0.3) is 0 Å². The summed E-state index contributed by atoms with van der Waals surface area (Å²) in [6, 6.07) is 3.96. The van der Waals surface area contributed by atoms with E-state index >= 15 is 0 Å². The van der Waals surface area contributed by atoms with Gasteiger partial charge >= 0.3 is 0 Å². The molecule has 0 spiro atoms. The Hall–Kier alpha value is -1.46. The quantitative estimate of drug-likeness (QED) is 0.622. The van der Waals surface area contributed by atoms with Crippen molar-refractivity contribution in [2.24, 2.45) is 0 Å². The monoisotopic (exact) mass is 251 g/mol. The van der Waals surface area contributed by atoms with E-state index in [-0.39, 0.29) is 5.91 Å². The van der Waals surface area contributed by atoms with Crippen molar-refractivity contribution < 1.29 is 9.53 Å². The van der Waals surface area contributed by atoms with Crippen molar-refractivity contribution in [1.29, 1.82) is 0 Å². The second-order valence-electron chi connectivity index (χ2n) is 3.98. The molecule has 0 atom stereocenters. The lowest BCUT2D eigenvalue weighted by molar-refractivity contribution is -0.120. The number of ether oxygens (including phenoxy) is 1. The molecule has 0 radical (unpaired) electrons. The van der Waals surface area contributed by atoms with Gasteiger partial charge < -0.3 is 15.4 Å². The van der Waals surface area contributed by atoms with Crippen LogP contribution in [0.5, 0.6) is 0 Å². The maximum atomic E-state index is 11.4. The van der Waals surface area contributed by atoms with Gasteiger partial charge in [-0.05, 0) is 37.1 Å². The van der Waals surface area contributed by atoms with E-state index in [4.69, 9.17) is 4.74 Å². The van der Waals surface area contributed by atoms with Gasteiger partial charge in [-0.15, -0.1) is 0 Å². The normalized spacial score (nSPS) is 10.3. The Morgan fingerprint density at radius 3 is 2.83 bits per heavy atom. The van der Waals surface area contributed by atoms with E-state index in [1.807, 2.05) is 12.1 Å². The minimum absolute atomic E-state index is 0.0285. The van der Waals surface area contributed by atoms with E-state index in [0.717, 1.165) is 19.4 Å². The van der Waals surface area contributed by atoms with E-state index in [1.165, 1.54) is 5.56 Å². The predicted octanol–water partition coefficient (Wildman–Crippen LogP) is 0.366. The molecule has 0 aromatic carbocycles. The van der Waals surface area contributed by atoms with Crippen LogP contribution < -0.4 is 10.6 Å². The molecule has 100 valence electrons. The van der Waals surface area contributed by atoms with Gasteiger partial charge in [-0.2, -0.15) is 0 Å². The van der Waals surface area contributed by atoms with Crippen LogP contribution in [0.3, 0.4) is 0 Å². The number of hydrogen-bond acceptors (Lipinski definition) is 4. The lowest BCUT2D eigenvalue weighted by Crippen LogP contribution is -2.35. The number of methoxy groups -OCH3 is 1. The number of hydrogen-bond donors (Lipinski definition) is 2. The highest BCUT2D eigenvalue weighted by atomic mass is 16.5. The lowest BCUT2D eigenvalue weighted by Gasteiger charge is -2.06. The zero-order valence-electron chi connectivity index (χ0n) is 10.8. The summed E-state index contributed by atoms with van der Waals surface area (Å²) >= 11 is 0. The third-order valence-electron chi connectivity index (χ3n) is 2.47. The van der Waals surface area contributed by atoms with Crippen molar-refractivity contribution in [1.82, 2.24) is 15.6 Å². The third kappa shape index (κ3) is 6.98. The molecule has 18 heavy (non-hydrogen) atoms. The highest BCUT2D eigenvalue weighted by Gasteiger charge is 1.99. The molecule has 0 aliphatic carbocycles. The molecule has 0 fully saturated rings. The molecule has 1 rings (SSSR count). The molecule has 0 saturated heterocycles.